The van der Waals surface area contributed by atoms with Crippen LogP contribution < -0.4 is 5.32 Å². The van der Waals surface area contributed by atoms with Gasteiger partial charge in [0.05, 0.1) is 17.2 Å². The van der Waals surface area contributed by atoms with Gasteiger partial charge in [-0.15, -0.1) is 0 Å². The molecule has 2 heterocycles. The molecule has 0 unspecified atom stereocenters. The largest absolute Gasteiger partial charge is 0.307 e. The summed E-state index contributed by atoms with van der Waals surface area (Å²) < 4.78 is 4.28. The van der Waals surface area contributed by atoms with Gasteiger partial charge in [0, 0.05) is 18.5 Å². The molecule has 2 aromatic carbocycles. The summed E-state index contributed by atoms with van der Waals surface area (Å²) >= 11 is 3.36. The van der Waals surface area contributed by atoms with Crippen LogP contribution in [0.15, 0.2) is 71.6 Å². The third-order valence-corrected chi connectivity index (χ3v) is 5.18. The first-order valence-corrected chi connectivity index (χ1v) is 9.75. The predicted octanol–water partition coefficient (Wildman–Crippen LogP) is 4.42. The molecule has 4 rings (SSSR count). The normalized spacial score (nSPS) is 11.7. The first-order chi connectivity index (χ1) is 13.4. The maximum absolute atomic E-state index is 12.7. The molecular formula is C21H20BrN5O. The Morgan fingerprint density at radius 1 is 1.14 bits per heavy atom. The standard InChI is InChI=1S/C21H20BrN5O/c1-21(2,27-14-17(22)12-23-27)20(28)24-19-10-11-26(25-19)13-16-8-5-7-15-6-3-4-9-18(15)16/h3-12,14H,13H2,1-2H3,(H,24,25,28). The second kappa shape index (κ2) is 7.24. The lowest BCUT2D eigenvalue weighted by atomic mass is 10.0. The number of rotatable bonds is 5. The van der Waals surface area contributed by atoms with Gasteiger partial charge in [-0.25, -0.2) is 0 Å². The predicted molar refractivity (Wildman–Crippen MR) is 113 cm³/mol. The van der Waals surface area contributed by atoms with Crippen molar-refractivity contribution in [3.05, 3.63) is 77.2 Å². The highest BCUT2D eigenvalue weighted by molar-refractivity contribution is 9.10. The van der Waals surface area contributed by atoms with Gasteiger partial charge >= 0.3 is 0 Å². The minimum absolute atomic E-state index is 0.182. The number of anilines is 1. The Morgan fingerprint density at radius 3 is 2.71 bits per heavy atom. The van der Waals surface area contributed by atoms with Crippen molar-refractivity contribution in [2.45, 2.75) is 25.9 Å². The molecule has 0 aliphatic carbocycles. The van der Waals surface area contributed by atoms with Crippen LogP contribution in [-0.2, 0) is 16.9 Å². The molecule has 0 fully saturated rings. The second-order valence-corrected chi connectivity index (χ2v) is 8.07. The van der Waals surface area contributed by atoms with Crippen molar-refractivity contribution < 1.29 is 4.79 Å². The van der Waals surface area contributed by atoms with Gasteiger partial charge in [0.15, 0.2) is 5.82 Å². The third kappa shape index (κ3) is 3.57. The number of hydrogen-bond donors (Lipinski definition) is 1. The summed E-state index contributed by atoms with van der Waals surface area (Å²) in [6, 6.07) is 16.3. The molecule has 1 amide bonds. The van der Waals surface area contributed by atoms with E-state index in [0.29, 0.717) is 12.4 Å². The molecule has 0 aliphatic heterocycles. The van der Waals surface area contributed by atoms with Crippen molar-refractivity contribution in [2.75, 3.05) is 5.32 Å². The summed E-state index contributed by atoms with van der Waals surface area (Å²) in [7, 11) is 0. The molecular weight excluding hydrogens is 418 g/mol. The minimum atomic E-state index is -0.842. The highest BCUT2D eigenvalue weighted by Crippen LogP contribution is 2.21. The van der Waals surface area contributed by atoms with E-state index in [1.807, 2.05) is 36.9 Å². The lowest BCUT2D eigenvalue weighted by Crippen LogP contribution is -2.40. The monoisotopic (exact) mass is 437 g/mol. The van der Waals surface area contributed by atoms with Crippen molar-refractivity contribution >= 4 is 38.4 Å². The van der Waals surface area contributed by atoms with E-state index in [0.717, 1.165) is 4.47 Å². The number of amides is 1. The fourth-order valence-electron chi connectivity index (χ4n) is 3.10. The molecule has 0 radical (unpaired) electrons. The number of nitrogens with zero attached hydrogens (tertiary/aromatic N) is 4. The number of nitrogens with one attached hydrogen (secondary N) is 1. The van der Waals surface area contributed by atoms with Crippen LogP contribution in [0.5, 0.6) is 0 Å². The fraction of sp³-hybridized carbons (Fsp3) is 0.190. The molecule has 0 saturated carbocycles. The van der Waals surface area contributed by atoms with Gasteiger partial charge in [0.1, 0.15) is 5.54 Å². The molecule has 0 aliphatic rings. The minimum Gasteiger partial charge on any atom is -0.307 e. The Morgan fingerprint density at radius 2 is 1.93 bits per heavy atom. The summed E-state index contributed by atoms with van der Waals surface area (Å²) in [5, 5.41) is 14.0. The van der Waals surface area contributed by atoms with Gasteiger partial charge in [-0.2, -0.15) is 10.2 Å². The Labute approximate surface area is 171 Å². The smallest absolute Gasteiger partial charge is 0.252 e. The first kappa shape index (κ1) is 18.4. The molecule has 0 atom stereocenters. The van der Waals surface area contributed by atoms with Gasteiger partial charge in [0.2, 0.25) is 0 Å². The van der Waals surface area contributed by atoms with Gasteiger partial charge in [-0.3, -0.25) is 14.2 Å². The second-order valence-electron chi connectivity index (χ2n) is 7.15. The highest BCUT2D eigenvalue weighted by atomic mass is 79.9. The van der Waals surface area contributed by atoms with E-state index in [2.05, 4.69) is 61.8 Å². The van der Waals surface area contributed by atoms with E-state index < -0.39 is 5.54 Å². The topological polar surface area (TPSA) is 64.7 Å². The first-order valence-electron chi connectivity index (χ1n) is 8.96. The number of carbonyl (C=O) groups excluding carboxylic acids is 1. The molecule has 1 N–H and O–H groups in total. The fourth-order valence-corrected chi connectivity index (χ4v) is 3.39. The van der Waals surface area contributed by atoms with Crippen LogP contribution in [0.25, 0.3) is 10.8 Å². The van der Waals surface area contributed by atoms with Gasteiger partial charge in [0.25, 0.3) is 5.91 Å². The van der Waals surface area contributed by atoms with E-state index in [1.165, 1.54) is 16.3 Å². The molecule has 7 heteroatoms. The number of hydrogen-bond acceptors (Lipinski definition) is 3. The molecule has 4 aromatic rings. The van der Waals surface area contributed by atoms with E-state index in [-0.39, 0.29) is 5.91 Å². The summed E-state index contributed by atoms with van der Waals surface area (Å²) in [6.45, 7) is 4.26. The molecule has 0 spiro atoms. The Bertz CT molecular complexity index is 1140. The van der Waals surface area contributed by atoms with E-state index >= 15 is 0 Å². The van der Waals surface area contributed by atoms with Crippen LogP contribution in [0.1, 0.15) is 19.4 Å². The maximum atomic E-state index is 12.7. The van der Waals surface area contributed by atoms with Crippen LogP contribution in [0, 0.1) is 0 Å². The number of fused-ring (bicyclic) bond motifs is 1. The maximum Gasteiger partial charge on any atom is 0.252 e. The van der Waals surface area contributed by atoms with Crippen molar-refractivity contribution in [3.8, 4) is 0 Å². The molecule has 28 heavy (non-hydrogen) atoms. The quantitative estimate of drug-likeness (QED) is 0.502. The van der Waals surface area contributed by atoms with Crippen LogP contribution in [0.4, 0.5) is 5.82 Å². The van der Waals surface area contributed by atoms with Crippen molar-refractivity contribution in [3.63, 3.8) is 0 Å². The van der Waals surface area contributed by atoms with Gasteiger partial charge < -0.3 is 5.32 Å². The van der Waals surface area contributed by atoms with Crippen LogP contribution in [0.3, 0.4) is 0 Å². The average Bonchev–Trinajstić information content (AvgIpc) is 3.31. The number of carbonyl (C=O) groups is 1. The number of aromatic nitrogens is 4. The number of benzene rings is 2. The zero-order chi connectivity index (χ0) is 19.7. The molecule has 6 nitrogen and oxygen atoms in total. The van der Waals surface area contributed by atoms with Crippen molar-refractivity contribution in [2.24, 2.45) is 0 Å². The molecule has 0 saturated heterocycles. The Kier molecular flexibility index (Phi) is 4.77. The summed E-state index contributed by atoms with van der Waals surface area (Å²) in [6.07, 6.45) is 5.31. The van der Waals surface area contributed by atoms with E-state index in [9.17, 15) is 4.79 Å². The third-order valence-electron chi connectivity index (χ3n) is 4.77. The van der Waals surface area contributed by atoms with Gasteiger partial charge in [-0.05, 0) is 46.1 Å². The van der Waals surface area contributed by atoms with Crippen LogP contribution in [0.2, 0.25) is 0 Å². The summed E-state index contributed by atoms with van der Waals surface area (Å²) in [5.74, 6) is 0.336. The summed E-state index contributed by atoms with van der Waals surface area (Å²) in [4.78, 5) is 12.7. The van der Waals surface area contributed by atoms with E-state index in [4.69, 9.17) is 0 Å². The highest BCUT2D eigenvalue weighted by Gasteiger charge is 2.31. The SMILES string of the molecule is CC(C)(C(=O)Nc1ccn(Cc2cccc3ccccc23)n1)n1cc(Br)cn1. The zero-order valence-corrected chi connectivity index (χ0v) is 17.2. The van der Waals surface area contributed by atoms with Crippen molar-refractivity contribution in [1.29, 1.82) is 0 Å². The van der Waals surface area contributed by atoms with Crippen molar-refractivity contribution in [1.82, 2.24) is 19.6 Å². The average molecular weight is 438 g/mol. The Balaban J connectivity index is 1.51. The zero-order valence-electron chi connectivity index (χ0n) is 15.6. The van der Waals surface area contributed by atoms with E-state index in [1.54, 1.807) is 23.1 Å². The number of halogens is 1. The molecule has 2 aromatic heterocycles. The van der Waals surface area contributed by atoms with Gasteiger partial charge in [-0.1, -0.05) is 42.5 Å². The van der Waals surface area contributed by atoms with Crippen LogP contribution in [-0.4, -0.2) is 25.5 Å². The van der Waals surface area contributed by atoms with Crippen LogP contribution >= 0.6 is 15.9 Å². The Hall–Kier alpha value is -2.93. The molecule has 0 bridgehead atoms. The lowest BCUT2D eigenvalue weighted by molar-refractivity contribution is -0.123. The lowest BCUT2D eigenvalue weighted by Gasteiger charge is -2.23. The molecule has 142 valence electrons. The summed E-state index contributed by atoms with van der Waals surface area (Å²) in [5.41, 5.74) is 0.339.